The third-order valence-corrected chi connectivity index (χ3v) is 2.95. The van der Waals surface area contributed by atoms with Crippen molar-refractivity contribution in [2.45, 2.75) is 45.9 Å². The van der Waals surface area contributed by atoms with Gasteiger partial charge < -0.3 is 15.8 Å². The van der Waals surface area contributed by atoms with E-state index in [0.717, 1.165) is 5.56 Å². The summed E-state index contributed by atoms with van der Waals surface area (Å²) in [5.41, 5.74) is 6.43. The number of nitrogens with two attached hydrogens (primary N) is 1. The van der Waals surface area contributed by atoms with E-state index < -0.39 is 18.1 Å². The Hall–Kier alpha value is -1.88. The largest absolute Gasteiger partial charge is 0.459 e. The van der Waals surface area contributed by atoms with Crippen molar-refractivity contribution in [1.29, 1.82) is 0 Å². The molecule has 5 nitrogen and oxygen atoms in total. The number of esters is 1. The average Bonchev–Trinajstić information content (AvgIpc) is 2.44. The van der Waals surface area contributed by atoms with E-state index in [1.807, 2.05) is 44.2 Å². The summed E-state index contributed by atoms with van der Waals surface area (Å²) < 4.78 is 5.28. The van der Waals surface area contributed by atoms with Gasteiger partial charge in [-0.05, 0) is 24.8 Å². The molecule has 3 N–H and O–H groups in total. The van der Waals surface area contributed by atoms with Gasteiger partial charge in [-0.25, -0.2) is 4.79 Å². The van der Waals surface area contributed by atoms with Crippen LogP contribution in [0.15, 0.2) is 30.3 Å². The molecule has 5 heteroatoms. The lowest BCUT2D eigenvalue weighted by Gasteiger charge is -2.20. The van der Waals surface area contributed by atoms with E-state index in [0.29, 0.717) is 6.42 Å². The van der Waals surface area contributed by atoms with Crippen LogP contribution in [0.25, 0.3) is 0 Å². The first-order valence-corrected chi connectivity index (χ1v) is 7.16. The maximum Gasteiger partial charge on any atom is 0.328 e. The van der Waals surface area contributed by atoms with Crippen LogP contribution >= 0.6 is 0 Å². The highest BCUT2D eigenvalue weighted by atomic mass is 16.5. The standard InChI is InChI=1S/C16H24N2O3/c1-11(2)9-14(18-15(19)12(3)17)16(20)21-10-13-7-5-4-6-8-13/h4-8,11-12,14H,9-10,17H2,1-3H3,(H,18,19)/t12-,14+/m1/s1. The average molecular weight is 292 g/mol. The lowest BCUT2D eigenvalue weighted by Crippen LogP contribution is -2.48. The van der Waals surface area contributed by atoms with Crippen molar-refractivity contribution < 1.29 is 14.3 Å². The molecule has 116 valence electrons. The topological polar surface area (TPSA) is 81.4 Å². The molecule has 1 aromatic carbocycles. The minimum Gasteiger partial charge on any atom is -0.459 e. The van der Waals surface area contributed by atoms with Crippen molar-refractivity contribution in [3.63, 3.8) is 0 Å². The fourth-order valence-electron chi connectivity index (χ4n) is 1.82. The summed E-state index contributed by atoms with van der Waals surface area (Å²) in [5.74, 6) is -0.522. The molecule has 0 spiro atoms. The number of hydrogen-bond acceptors (Lipinski definition) is 4. The van der Waals surface area contributed by atoms with Crippen molar-refractivity contribution in [2.75, 3.05) is 0 Å². The summed E-state index contributed by atoms with van der Waals surface area (Å²) in [6, 6.07) is 8.11. The highest BCUT2D eigenvalue weighted by Crippen LogP contribution is 2.09. The predicted octanol–water partition coefficient (Wildman–Crippen LogP) is 1.61. The highest BCUT2D eigenvalue weighted by Gasteiger charge is 2.24. The minimum atomic E-state index is -0.660. The van der Waals surface area contributed by atoms with Crippen molar-refractivity contribution in [1.82, 2.24) is 5.32 Å². The maximum atomic E-state index is 12.1. The Morgan fingerprint density at radius 3 is 2.33 bits per heavy atom. The number of hydrogen-bond donors (Lipinski definition) is 2. The maximum absolute atomic E-state index is 12.1. The normalized spacial score (nSPS) is 13.6. The van der Waals surface area contributed by atoms with E-state index in [2.05, 4.69) is 5.32 Å². The molecule has 1 aromatic rings. The van der Waals surface area contributed by atoms with Crippen LogP contribution < -0.4 is 11.1 Å². The Kier molecular flexibility index (Phi) is 6.88. The Morgan fingerprint density at radius 1 is 1.19 bits per heavy atom. The summed E-state index contributed by atoms with van der Waals surface area (Å²) in [5, 5.41) is 2.65. The molecular formula is C16H24N2O3. The molecule has 0 saturated carbocycles. The quantitative estimate of drug-likeness (QED) is 0.748. The second-order valence-corrected chi connectivity index (χ2v) is 5.57. The van der Waals surface area contributed by atoms with Crippen LogP contribution in [-0.4, -0.2) is 24.0 Å². The van der Waals surface area contributed by atoms with E-state index in [4.69, 9.17) is 10.5 Å². The third kappa shape index (κ3) is 6.40. The Labute approximate surface area is 125 Å². The molecule has 0 fully saturated rings. The number of rotatable bonds is 7. The number of carbonyl (C=O) groups is 2. The number of nitrogens with one attached hydrogen (secondary N) is 1. The van der Waals surface area contributed by atoms with Gasteiger partial charge in [-0.15, -0.1) is 0 Å². The number of benzene rings is 1. The van der Waals surface area contributed by atoms with Gasteiger partial charge in [0.15, 0.2) is 0 Å². The summed E-state index contributed by atoms with van der Waals surface area (Å²) in [6.07, 6.45) is 0.520. The van der Waals surface area contributed by atoms with Crippen LogP contribution in [0.2, 0.25) is 0 Å². The third-order valence-electron chi connectivity index (χ3n) is 2.95. The van der Waals surface area contributed by atoms with Gasteiger partial charge in [0.2, 0.25) is 5.91 Å². The molecule has 0 radical (unpaired) electrons. The molecule has 0 saturated heterocycles. The number of amides is 1. The zero-order valence-corrected chi connectivity index (χ0v) is 12.8. The van der Waals surface area contributed by atoms with Crippen molar-refractivity contribution >= 4 is 11.9 Å². The van der Waals surface area contributed by atoms with Crippen molar-refractivity contribution in [3.8, 4) is 0 Å². The van der Waals surface area contributed by atoms with Gasteiger partial charge in [-0.1, -0.05) is 44.2 Å². The lowest BCUT2D eigenvalue weighted by molar-refractivity contribution is -0.149. The van der Waals surface area contributed by atoms with Crippen LogP contribution in [0.4, 0.5) is 0 Å². The molecule has 1 amide bonds. The van der Waals surface area contributed by atoms with Crippen molar-refractivity contribution in [3.05, 3.63) is 35.9 Å². The van der Waals surface area contributed by atoms with Crippen LogP contribution in [-0.2, 0) is 20.9 Å². The Bertz CT molecular complexity index is 458. The molecule has 0 heterocycles. The smallest absolute Gasteiger partial charge is 0.328 e. The molecule has 0 aliphatic rings. The van der Waals surface area contributed by atoms with Crippen molar-refractivity contribution in [2.24, 2.45) is 11.7 Å². The van der Waals surface area contributed by atoms with Gasteiger partial charge in [0.1, 0.15) is 12.6 Å². The van der Waals surface area contributed by atoms with Gasteiger partial charge in [0, 0.05) is 0 Å². The Morgan fingerprint density at radius 2 is 1.81 bits per heavy atom. The first-order chi connectivity index (χ1) is 9.90. The number of ether oxygens (including phenoxy) is 1. The highest BCUT2D eigenvalue weighted by molar-refractivity contribution is 5.87. The van der Waals surface area contributed by atoms with Gasteiger partial charge >= 0.3 is 5.97 Å². The van der Waals surface area contributed by atoms with E-state index >= 15 is 0 Å². The second-order valence-electron chi connectivity index (χ2n) is 5.57. The van der Waals surface area contributed by atoms with Gasteiger partial charge in [-0.2, -0.15) is 0 Å². The monoisotopic (exact) mass is 292 g/mol. The van der Waals surface area contributed by atoms with E-state index in [9.17, 15) is 9.59 Å². The zero-order chi connectivity index (χ0) is 15.8. The zero-order valence-electron chi connectivity index (χ0n) is 12.8. The van der Waals surface area contributed by atoms with Gasteiger partial charge in [-0.3, -0.25) is 4.79 Å². The molecule has 21 heavy (non-hydrogen) atoms. The van der Waals surface area contributed by atoms with E-state index in [-0.39, 0.29) is 18.4 Å². The first kappa shape index (κ1) is 17.2. The summed E-state index contributed by atoms with van der Waals surface area (Å²) in [6.45, 7) is 5.74. The summed E-state index contributed by atoms with van der Waals surface area (Å²) >= 11 is 0. The molecule has 2 atom stereocenters. The molecule has 0 aromatic heterocycles. The van der Waals surface area contributed by atoms with E-state index in [1.54, 1.807) is 6.92 Å². The molecule has 0 unspecified atom stereocenters. The fraction of sp³-hybridized carbons (Fsp3) is 0.500. The Balaban J connectivity index is 2.60. The molecule has 0 bridgehead atoms. The SMILES string of the molecule is CC(C)C[C@H](NC(=O)[C@@H](C)N)C(=O)OCc1ccccc1. The van der Waals surface area contributed by atoms with Gasteiger partial charge in [0.05, 0.1) is 6.04 Å². The predicted molar refractivity (Wildman–Crippen MR) is 81.3 cm³/mol. The van der Waals surface area contributed by atoms with Crippen LogP contribution in [0.5, 0.6) is 0 Å². The first-order valence-electron chi connectivity index (χ1n) is 7.16. The summed E-state index contributed by atoms with van der Waals surface area (Å²) in [4.78, 5) is 23.8. The van der Waals surface area contributed by atoms with Crippen LogP contribution in [0.3, 0.4) is 0 Å². The fourth-order valence-corrected chi connectivity index (χ4v) is 1.82. The lowest BCUT2D eigenvalue weighted by atomic mass is 10.0. The van der Waals surface area contributed by atoms with Crippen LogP contribution in [0, 0.1) is 5.92 Å². The molecule has 0 aliphatic heterocycles. The van der Waals surface area contributed by atoms with Crippen LogP contribution in [0.1, 0.15) is 32.8 Å². The molecule has 1 rings (SSSR count). The molecular weight excluding hydrogens is 268 g/mol. The molecule has 0 aliphatic carbocycles. The minimum absolute atomic E-state index is 0.197. The number of carbonyl (C=O) groups excluding carboxylic acids is 2. The van der Waals surface area contributed by atoms with E-state index in [1.165, 1.54) is 0 Å². The van der Waals surface area contributed by atoms with Gasteiger partial charge in [0.25, 0.3) is 0 Å². The summed E-state index contributed by atoms with van der Waals surface area (Å²) in [7, 11) is 0. The second kappa shape index (κ2) is 8.42.